The molecule has 0 saturated carbocycles. The molecule has 1 atom stereocenters. The summed E-state index contributed by atoms with van der Waals surface area (Å²) < 4.78 is 5.08. The topological polar surface area (TPSA) is 92.4 Å². The number of carbonyl (C=O) groups is 2. The third-order valence-electron chi connectivity index (χ3n) is 3.77. The van der Waals surface area contributed by atoms with E-state index in [4.69, 9.17) is 9.63 Å². The van der Waals surface area contributed by atoms with Crippen LogP contribution in [0, 0.1) is 11.8 Å². The van der Waals surface area contributed by atoms with Crippen LogP contribution in [-0.2, 0) is 4.79 Å². The summed E-state index contributed by atoms with van der Waals surface area (Å²) in [4.78, 5) is 23.2. The van der Waals surface area contributed by atoms with E-state index in [9.17, 15) is 9.59 Å². The summed E-state index contributed by atoms with van der Waals surface area (Å²) in [6, 6.07) is 1.64. The van der Waals surface area contributed by atoms with Gasteiger partial charge in [0.15, 0.2) is 0 Å². The molecule has 6 nitrogen and oxygen atoms in total. The van der Waals surface area contributed by atoms with E-state index in [1.54, 1.807) is 6.07 Å². The van der Waals surface area contributed by atoms with Gasteiger partial charge in [-0.2, -0.15) is 0 Å². The highest BCUT2D eigenvalue weighted by atomic mass is 16.5. The molecule has 1 aromatic heterocycles. The standard InChI is InChI=1S/C16H26N2O4/c1-5-11(6-2)13-8-14(22-18-13)15(19)17-9-12(16(20)21)7-10(3)4/h8,10-12H,5-7,9H2,1-4H3,(H,17,19)(H,20,21). The molecule has 2 N–H and O–H groups in total. The van der Waals surface area contributed by atoms with Gasteiger partial charge in [-0.1, -0.05) is 32.9 Å². The fourth-order valence-corrected chi connectivity index (χ4v) is 2.44. The lowest BCUT2D eigenvalue weighted by molar-refractivity contribution is -0.142. The third kappa shape index (κ3) is 5.16. The molecule has 0 fully saturated rings. The molecule has 0 aliphatic carbocycles. The lowest BCUT2D eigenvalue weighted by atomic mass is 9.97. The summed E-state index contributed by atoms with van der Waals surface area (Å²) in [6.07, 6.45) is 2.38. The maximum absolute atomic E-state index is 12.0. The number of carbonyl (C=O) groups excluding carboxylic acids is 1. The Morgan fingerprint density at radius 1 is 1.32 bits per heavy atom. The molecule has 1 aromatic rings. The number of aliphatic carboxylic acids is 1. The van der Waals surface area contributed by atoms with Gasteiger partial charge in [-0.25, -0.2) is 0 Å². The zero-order valence-electron chi connectivity index (χ0n) is 13.8. The molecule has 1 amide bonds. The predicted octanol–water partition coefficient (Wildman–Crippen LogP) is 3.05. The Morgan fingerprint density at radius 2 is 1.95 bits per heavy atom. The molecular formula is C16H26N2O4. The predicted molar refractivity (Wildman–Crippen MR) is 82.7 cm³/mol. The maximum Gasteiger partial charge on any atom is 0.308 e. The molecule has 0 saturated heterocycles. The van der Waals surface area contributed by atoms with Crippen LogP contribution in [0.5, 0.6) is 0 Å². The van der Waals surface area contributed by atoms with Crippen molar-refractivity contribution in [1.29, 1.82) is 0 Å². The van der Waals surface area contributed by atoms with Crippen molar-refractivity contribution in [2.24, 2.45) is 11.8 Å². The van der Waals surface area contributed by atoms with Gasteiger partial charge < -0.3 is 14.9 Å². The van der Waals surface area contributed by atoms with Crippen molar-refractivity contribution in [2.75, 3.05) is 6.54 Å². The molecule has 124 valence electrons. The Morgan fingerprint density at radius 3 is 2.45 bits per heavy atom. The van der Waals surface area contributed by atoms with E-state index in [1.165, 1.54) is 0 Å². The van der Waals surface area contributed by atoms with Crippen molar-refractivity contribution in [3.63, 3.8) is 0 Å². The molecule has 0 spiro atoms. The summed E-state index contributed by atoms with van der Waals surface area (Å²) >= 11 is 0. The van der Waals surface area contributed by atoms with Crippen molar-refractivity contribution in [1.82, 2.24) is 10.5 Å². The van der Waals surface area contributed by atoms with Crippen molar-refractivity contribution in [2.45, 2.75) is 52.9 Å². The second-order valence-corrected chi connectivity index (χ2v) is 6.00. The molecule has 0 aliphatic heterocycles. The van der Waals surface area contributed by atoms with Crippen LogP contribution in [-0.4, -0.2) is 28.7 Å². The molecule has 6 heteroatoms. The molecule has 22 heavy (non-hydrogen) atoms. The summed E-state index contributed by atoms with van der Waals surface area (Å²) in [5, 5.41) is 15.7. The van der Waals surface area contributed by atoms with Gasteiger partial charge in [-0.05, 0) is 25.2 Å². The first-order chi connectivity index (χ1) is 10.4. The fraction of sp³-hybridized carbons (Fsp3) is 0.688. The monoisotopic (exact) mass is 310 g/mol. The lowest BCUT2D eigenvalue weighted by Crippen LogP contribution is -2.33. The number of amides is 1. The average molecular weight is 310 g/mol. The van der Waals surface area contributed by atoms with Crippen molar-refractivity contribution in [3.05, 3.63) is 17.5 Å². The highest BCUT2D eigenvalue weighted by molar-refractivity contribution is 5.91. The molecule has 1 unspecified atom stereocenters. The Hall–Kier alpha value is -1.85. The Bertz CT molecular complexity index is 492. The first-order valence-corrected chi connectivity index (χ1v) is 7.86. The molecule has 0 aliphatic rings. The van der Waals surface area contributed by atoms with Crippen LogP contribution in [0.15, 0.2) is 10.6 Å². The number of hydrogen-bond donors (Lipinski definition) is 2. The Balaban J connectivity index is 2.63. The van der Waals surface area contributed by atoms with Gasteiger partial charge in [0, 0.05) is 18.5 Å². The second-order valence-electron chi connectivity index (χ2n) is 6.00. The molecule has 0 radical (unpaired) electrons. The fourth-order valence-electron chi connectivity index (χ4n) is 2.44. The second kappa shape index (κ2) is 8.56. The van der Waals surface area contributed by atoms with Gasteiger partial charge >= 0.3 is 5.97 Å². The van der Waals surface area contributed by atoms with Crippen molar-refractivity contribution in [3.8, 4) is 0 Å². The number of nitrogens with one attached hydrogen (secondary N) is 1. The van der Waals surface area contributed by atoms with E-state index < -0.39 is 17.8 Å². The van der Waals surface area contributed by atoms with E-state index in [0.717, 1.165) is 18.5 Å². The highest BCUT2D eigenvalue weighted by Crippen LogP contribution is 2.22. The normalized spacial score (nSPS) is 12.6. The largest absolute Gasteiger partial charge is 0.481 e. The molecular weight excluding hydrogens is 284 g/mol. The van der Waals surface area contributed by atoms with E-state index in [0.29, 0.717) is 6.42 Å². The minimum atomic E-state index is -0.899. The van der Waals surface area contributed by atoms with E-state index in [2.05, 4.69) is 24.3 Å². The van der Waals surface area contributed by atoms with Gasteiger partial charge in [0.05, 0.1) is 11.6 Å². The molecule has 0 bridgehead atoms. The van der Waals surface area contributed by atoms with Gasteiger partial charge in [-0.3, -0.25) is 9.59 Å². The zero-order chi connectivity index (χ0) is 16.7. The number of carboxylic acid groups (broad SMARTS) is 1. The summed E-state index contributed by atoms with van der Waals surface area (Å²) in [5.41, 5.74) is 0.770. The number of hydrogen-bond acceptors (Lipinski definition) is 4. The zero-order valence-corrected chi connectivity index (χ0v) is 13.8. The van der Waals surface area contributed by atoms with Gasteiger partial charge in [-0.15, -0.1) is 0 Å². The van der Waals surface area contributed by atoms with E-state index >= 15 is 0 Å². The first-order valence-electron chi connectivity index (χ1n) is 7.86. The highest BCUT2D eigenvalue weighted by Gasteiger charge is 2.22. The number of carboxylic acids is 1. The van der Waals surface area contributed by atoms with Crippen molar-refractivity contribution < 1.29 is 19.2 Å². The van der Waals surface area contributed by atoms with Crippen LogP contribution in [0.3, 0.4) is 0 Å². The number of rotatable bonds is 9. The summed E-state index contributed by atoms with van der Waals surface area (Å²) in [7, 11) is 0. The minimum Gasteiger partial charge on any atom is -0.481 e. The SMILES string of the molecule is CCC(CC)c1cc(C(=O)NCC(CC(C)C)C(=O)O)on1. The minimum absolute atomic E-state index is 0.0906. The van der Waals surface area contributed by atoms with Crippen LogP contribution in [0.1, 0.15) is 69.1 Å². The molecule has 0 aromatic carbocycles. The quantitative estimate of drug-likeness (QED) is 0.731. The smallest absolute Gasteiger partial charge is 0.308 e. The van der Waals surface area contributed by atoms with Crippen LogP contribution < -0.4 is 5.32 Å². The molecule has 1 rings (SSSR count). The Kier molecular flexibility index (Phi) is 7.08. The van der Waals surface area contributed by atoms with Gasteiger partial charge in [0.2, 0.25) is 5.76 Å². The van der Waals surface area contributed by atoms with Crippen LogP contribution in [0.2, 0.25) is 0 Å². The van der Waals surface area contributed by atoms with E-state index in [-0.39, 0.29) is 24.1 Å². The third-order valence-corrected chi connectivity index (χ3v) is 3.77. The van der Waals surface area contributed by atoms with Crippen LogP contribution in [0.25, 0.3) is 0 Å². The summed E-state index contributed by atoms with van der Waals surface area (Å²) in [6.45, 7) is 8.12. The van der Waals surface area contributed by atoms with Gasteiger partial charge in [0.25, 0.3) is 5.91 Å². The maximum atomic E-state index is 12.0. The molecule has 1 heterocycles. The number of nitrogens with zero attached hydrogens (tertiary/aromatic N) is 1. The van der Waals surface area contributed by atoms with Crippen molar-refractivity contribution >= 4 is 11.9 Å². The van der Waals surface area contributed by atoms with Crippen LogP contribution in [0.4, 0.5) is 0 Å². The average Bonchev–Trinajstić information content (AvgIpc) is 2.93. The van der Waals surface area contributed by atoms with E-state index in [1.807, 2.05) is 13.8 Å². The summed E-state index contributed by atoms with van der Waals surface area (Å²) in [5.74, 6) is -1.24. The lowest BCUT2D eigenvalue weighted by Gasteiger charge is -2.14. The Labute approximate surface area is 131 Å². The van der Waals surface area contributed by atoms with Crippen LogP contribution >= 0.6 is 0 Å². The number of aromatic nitrogens is 1. The van der Waals surface area contributed by atoms with Gasteiger partial charge in [0.1, 0.15) is 0 Å². The first kappa shape index (κ1) is 18.2.